The van der Waals surface area contributed by atoms with Crippen molar-refractivity contribution in [3.8, 4) is 0 Å². The van der Waals surface area contributed by atoms with E-state index in [0.717, 1.165) is 0 Å². The molecule has 0 saturated carbocycles. The highest BCUT2D eigenvalue weighted by molar-refractivity contribution is 6.36. The minimum absolute atomic E-state index is 0.119. The van der Waals surface area contributed by atoms with E-state index in [4.69, 9.17) is 25.4 Å². The van der Waals surface area contributed by atoms with Gasteiger partial charge in [0.2, 0.25) is 0 Å². The molecule has 0 N–H and O–H groups in total. The second kappa shape index (κ2) is 3.21. The summed E-state index contributed by atoms with van der Waals surface area (Å²) < 4.78 is 12.8. The van der Waals surface area contributed by atoms with Crippen LogP contribution in [0.25, 0.3) is 10.9 Å². The van der Waals surface area contributed by atoms with Crippen LogP contribution in [0, 0.1) is 19.7 Å². The van der Waals surface area contributed by atoms with E-state index in [1.54, 1.807) is 0 Å². The summed E-state index contributed by atoms with van der Waals surface area (Å²) in [6, 6.07) is 4.08. The number of benzene rings is 1. The van der Waals surface area contributed by atoms with Crippen molar-refractivity contribution in [3.05, 3.63) is 54.1 Å². The largest absolute Gasteiger partial charge is 0.252 e. The summed E-state index contributed by atoms with van der Waals surface area (Å²) in [5, 5.41) is 0.910. The van der Waals surface area contributed by atoms with Crippen LogP contribution in [0.15, 0.2) is 18.2 Å². The van der Waals surface area contributed by atoms with Crippen LogP contribution in [-0.4, -0.2) is 4.98 Å². The van der Waals surface area contributed by atoms with Crippen molar-refractivity contribution in [1.82, 2.24) is 4.98 Å². The Morgan fingerprint density at radius 2 is 2.00 bits per heavy atom. The van der Waals surface area contributed by atoms with Gasteiger partial charge in [-0.25, -0.2) is 4.39 Å². The van der Waals surface area contributed by atoms with E-state index in [1.807, 2.05) is 0 Å². The number of fused-ring (bicyclic) bond motifs is 1. The van der Waals surface area contributed by atoms with Gasteiger partial charge < -0.3 is 0 Å². The van der Waals surface area contributed by atoms with Crippen LogP contribution in [-0.2, 0) is 0 Å². The molecule has 0 fully saturated rings. The number of aromatic nitrogens is 1. The first-order chi connectivity index (χ1) is 6.59. The summed E-state index contributed by atoms with van der Waals surface area (Å²) in [6.45, 7) is 11.1. The molecule has 0 atom stereocenters. The second-order valence-corrected chi connectivity index (χ2v) is 3.26. The highest BCUT2D eigenvalue weighted by atomic mass is 35.5. The third-order valence-electron chi connectivity index (χ3n) is 1.95. The first-order valence-electron chi connectivity index (χ1n) is 3.89. The highest BCUT2D eigenvalue weighted by Crippen LogP contribution is 2.27. The third kappa shape index (κ3) is 1.36. The maximum Gasteiger partial charge on any atom is 0.125 e. The van der Waals surface area contributed by atoms with Gasteiger partial charge in [0, 0.05) is 25.3 Å². The van der Waals surface area contributed by atoms with Gasteiger partial charge in [-0.3, -0.25) is 4.98 Å². The van der Waals surface area contributed by atoms with Gasteiger partial charge in [0.05, 0.1) is 16.2 Å². The fourth-order valence-electron chi connectivity index (χ4n) is 1.23. The molecule has 0 unspecified atom stereocenters. The van der Waals surface area contributed by atoms with Crippen LogP contribution in [0.2, 0.25) is 5.02 Å². The highest BCUT2D eigenvalue weighted by Gasteiger charge is 2.07. The van der Waals surface area contributed by atoms with Gasteiger partial charge in [0.1, 0.15) is 5.82 Å². The van der Waals surface area contributed by atoms with Crippen molar-refractivity contribution in [3.63, 3.8) is 0 Å². The zero-order chi connectivity index (χ0) is 10.3. The first kappa shape index (κ1) is 9.41. The molecular weight excluding hydrogens is 201 g/mol. The predicted molar refractivity (Wildman–Crippen MR) is 53.5 cm³/mol. The van der Waals surface area contributed by atoms with Crippen molar-refractivity contribution in [2.24, 2.45) is 0 Å². The van der Waals surface area contributed by atoms with Crippen LogP contribution in [0.4, 0.5) is 4.39 Å². The Bertz CT molecular complexity index is 508. The monoisotopic (exact) mass is 205 g/mol. The number of pyridine rings is 1. The fraction of sp³-hybridized carbons (Fsp3) is 0. The third-order valence-corrected chi connectivity index (χ3v) is 2.36. The van der Waals surface area contributed by atoms with Gasteiger partial charge in [-0.15, -0.1) is 0 Å². The van der Waals surface area contributed by atoms with Crippen LogP contribution >= 0.6 is 11.6 Å². The van der Waals surface area contributed by atoms with Crippen molar-refractivity contribution in [2.45, 2.75) is 0 Å². The molecule has 0 saturated heterocycles. The minimum atomic E-state index is -0.384. The molecule has 0 spiro atoms. The Balaban J connectivity index is 2.91. The lowest BCUT2D eigenvalue weighted by atomic mass is 10.1. The molecule has 1 heterocycles. The first-order valence-corrected chi connectivity index (χ1v) is 4.27. The second-order valence-electron chi connectivity index (χ2n) is 2.89. The van der Waals surface area contributed by atoms with E-state index in [9.17, 15) is 4.39 Å². The Labute approximate surface area is 86.5 Å². The Kier molecular flexibility index (Phi) is 2.16. The van der Waals surface area contributed by atoms with Crippen LogP contribution in [0.3, 0.4) is 0 Å². The number of nitrogens with zero attached hydrogens (tertiary/aromatic N) is 1. The van der Waals surface area contributed by atoms with Gasteiger partial charge in [0.25, 0.3) is 0 Å². The average molecular weight is 206 g/mol. The molecule has 4 radical (unpaired) electrons. The van der Waals surface area contributed by atoms with E-state index in [0.29, 0.717) is 15.9 Å². The van der Waals surface area contributed by atoms with Crippen LogP contribution in [0.1, 0.15) is 11.3 Å². The van der Waals surface area contributed by atoms with Crippen LogP contribution < -0.4 is 0 Å². The molecule has 0 aliphatic rings. The lowest BCUT2D eigenvalue weighted by Crippen LogP contribution is -1.91. The zero-order valence-electron chi connectivity index (χ0n) is 7.09. The van der Waals surface area contributed by atoms with E-state index in [-0.39, 0.29) is 17.1 Å². The Hall–Kier alpha value is -1.15. The number of hydrogen-bond donors (Lipinski definition) is 0. The molecule has 0 bridgehead atoms. The van der Waals surface area contributed by atoms with Crippen molar-refractivity contribution in [1.29, 1.82) is 0 Å². The summed E-state index contributed by atoms with van der Waals surface area (Å²) in [4.78, 5) is 3.93. The molecule has 1 aromatic heterocycles. The van der Waals surface area contributed by atoms with E-state index in [2.05, 4.69) is 4.98 Å². The molecule has 0 aliphatic carbocycles. The Morgan fingerprint density at radius 3 is 2.71 bits per heavy atom. The van der Waals surface area contributed by atoms with Gasteiger partial charge in [-0.1, -0.05) is 11.6 Å². The lowest BCUT2D eigenvalue weighted by molar-refractivity contribution is 0.629. The summed E-state index contributed by atoms with van der Waals surface area (Å²) in [7, 11) is 0. The van der Waals surface area contributed by atoms with Crippen molar-refractivity contribution >= 4 is 22.5 Å². The SMILES string of the molecule is [CH]c1nc2cc(F)ccc2c(Cl)c1[CH]. The summed E-state index contributed by atoms with van der Waals surface area (Å²) >= 11 is 5.92. The lowest BCUT2D eigenvalue weighted by Gasteiger charge is -2.05. The number of halogens is 2. The van der Waals surface area contributed by atoms with E-state index in [1.165, 1.54) is 18.2 Å². The average Bonchev–Trinajstić information content (AvgIpc) is 2.14. The molecule has 68 valence electrons. The maximum absolute atomic E-state index is 12.8. The predicted octanol–water partition coefficient (Wildman–Crippen LogP) is 3.15. The number of rotatable bonds is 0. The molecule has 0 aliphatic heterocycles. The minimum Gasteiger partial charge on any atom is -0.252 e. The zero-order valence-corrected chi connectivity index (χ0v) is 7.85. The fourth-order valence-corrected chi connectivity index (χ4v) is 1.49. The van der Waals surface area contributed by atoms with Crippen molar-refractivity contribution in [2.75, 3.05) is 0 Å². The Morgan fingerprint density at radius 1 is 1.29 bits per heavy atom. The van der Waals surface area contributed by atoms with Gasteiger partial charge in [0.15, 0.2) is 0 Å². The van der Waals surface area contributed by atoms with Crippen LogP contribution in [0.5, 0.6) is 0 Å². The van der Waals surface area contributed by atoms with Gasteiger partial charge in [-0.05, 0) is 17.7 Å². The van der Waals surface area contributed by atoms with Crippen molar-refractivity contribution < 1.29 is 4.39 Å². The molecule has 1 aromatic carbocycles. The molecule has 1 nitrogen and oxygen atoms in total. The molecule has 3 heteroatoms. The van der Waals surface area contributed by atoms with E-state index >= 15 is 0 Å². The summed E-state index contributed by atoms with van der Waals surface area (Å²) in [6.07, 6.45) is 0. The molecular formula is C11H5ClFN. The standard InChI is InChI=1S/C11H5ClFN/c1-6-7(2)14-10-5-8(13)3-4-9(10)11(6)12/h1-5H. The molecule has 2 aromatic rings. The number of hydrogen-bond acceptors (Lipinski definition) is 1. The van der Waals surface area contributed by atoms with Gasteiger partial charge in [-0.2, -0.15) is 0 Å². The smallest absolute Gasteiger partial charge is 0.125 e. The summed E-state index contributed by atoms with van der Waals surface area (Å²) in [5.74, 6) is -0.384. The van der Waals surface area contributed by atoms with Gasteiger partial charge >= 0.3 is 0 Å². The van der Waals surface area contributed by atoms with E-state index < -0.39 is 0 Å². The summed E-state index contributed by atoms with van der Waals surface area (Å²) in [5.41, 5.74) is 0.751. The molecule has 2 rings (SSSR count). The molecule has 14 heavy (non-hydrogen) atoms. The molecule has 0 amide bonds. The normalized spacial score (nSPS) is 10.9. The topological polar surface area (TPSA) is 12.9 Å². The maximum atomic E-state index is 12.8. The quantitative estimate of drug-likeness (QED) is 0.644.